The van der Waals surface area contributed by atoms with Crippen molar-refractivity contribution in [2.45, 2.75) is 30.6 Å². The van der Waals surface area contributed by atoms with Gasteiger partial charge in [-0.25, -0.2) is 4.98 Å². The van der Waals surface area contributed by atoms with Crippen LogP contribution in [0.2, 0.25) is 5.15 Å². The summed E-state index contributed by atoms with van der Waals surface area (Å²) in [6, 6.07) is 0.507. The summed E-state index contributed by atoms with van der Waals surface area (Å²) < 4.78 is 0. The standard InChI is InChI=1S/C10H14ClN3S/c1-15-8-4-2-3-7(8)13-10-6-12-5-9(11)14-10/h5-8H,2-4H2,1H3,(H,13,14). The highest BCUT2D eigenvalue weighted by molar-refractivity contribution is 7.99. The molecule has 5 heteroatoms. The summed E-state index contributed by atoms with van der Waals surface area (Å²) in [4.78, 5) is 8.20. The molecule has 2 atom stereocenters. The Labute approximate surface area is 99.0 Å². The molecule has 0 aliphatic heterocycles. The molecule has 1 saturated carbocycles. The maximum Gasteiger partial charge on any atom is 0.149 e. The molecule has 2 unspecified atom stereocenters. The number of hydrogen-bond acceptors (Lipinski definition) is 4. The third-order valence-electron chi connectivity index (χ3n) is 2.69. The van der Waals surface area contributed by atoms with Crippen molar-refractivity contribution in [1.29, 1.82) is 0 Å². The molecule has 82 valence electrons. The van der Waals surface area contributed by atoms with Gasteiger partial charge in [-0.1, -0.05) is 18.0 Å². The van der Waals surface area contributed by atoms with Crippen molar-refractivity contribution in [2.24, 2.45) is 0 Å². The zero-order chi connectivity index (χ0) is 10.7. The van der Waals surface area contributed by atoms with Crippen LogP contribution in [0.3, 0.4) is 0 Å². The van der Waals surface area contributed by atoms with E-state index in [1.165, 1.54) is 19.3 Å². The molecule has 15 heavy (non-hydrogen) atoms. The maximum atomic E-state index is 5.78. The summed E-state index contributed by atoms with van der Waals surface area (Å²) >= 11 is 7.70. The number of halogens is 1. The second kappa shape index (κ2) is 5.03. The van der Waals surface area contributed by atoms with Gasteiger partial charge in [0.25, 0.3) is 0 Å². The molecule has 1 heterocycles. The summed E-state index contributed by atoms with van der Waals surface area (Å²) in [5, 5.41) is 4.53. The number of aromatic nitrogens is 2. The first-order chi connectivity index (χ1) is 7.29. The first-order valence-electron chi connectivity index (χ1n) is 5.06. The third kappa shape index (κ3) is 2.75. The molecular formula is C10H14ClN3S. The highest BCUT2D eigenvalue weighted by Gasteiger charge is 2.26. The van der Waals surface area contributed by atoms with Crippen LogP contribution in [0.5, 0.6) is 0 Å². The molecule has 1 aliphatic carbocycles. The van der Waals surface area contributed by atoms with E-state index in [0.29, 0.717) is 16.4 Å². The minimum Gasteiger partial charge on any atom is -0.365 e. The Bertz CT molecular complexity index is 334. The first kappa shape index (κ1) is 11.0. The quantitative estimate of drug-likeness (QED) is 0.886. The number of rotatable bonds is 3. The minimum atomic E-state index is 0.443. The molecule has 0 saturated heterocycles. The van der Waals surface area contributed by atoms with Gasteiger partial charge in [0.15, 0.2) is 0 Å². The van der Waals surface area contributed by atoms with Crippen molar-refractivity contribution in [3.8, 4) is 0 Å². The molecule has 0 amide bonds. The van der Waals surface area contributed by atoms with E-state index in [-0.39, 0.29) is 0 Å². The predicted octanol–water partition coefficient (Wildman–Crippen LogP) is 2.83. The molecule has 0 spiro atoms. The van der Waals surface area contributed by atoms with Gasteiger partial charge in [0.2, 0.25) is 0 Å². The zero-order valence-electron chi connectivity index (χ0n) is 8.61. The number of hydrogen-bond donors (Lipinski definition) is 1. The largest absolute Gasteiger partial charge is 0.365 e. The fourth-order valence-corrected chi connectivity index (χ4v) is 3.06. The molecule has 1 fully saturated rings. The van der Waals surface area contributed by atoms with Crippen LogP contribution in [0, 0.1) is 0 Å². The van der Waals surface area contributed by atoms with E-state index in [1.807, 2.05) is 11.8 Å². The molecule has 1 aromatic heterocycles. The SMILES string of the molecule is CSC1CCCC1Nc1cncc(Cl)n1. The van der Waals surface area contributed by atoms with Crippen molar-refractivity contribution in [2.75, 3.05) is 11.6 Å². The summed E-state index contributed by atoms with van der Waals surface area (Å²) in [5.41, 5.74) is 0. The van der Waals surface area contributed by atoms with Crippen LogP contribution in [0.1, 0.15) is 19.3 Å². The van der Waals surface area contributed by atoms with Crippen LogP contribution in [-0.4, -0.2) is 27.5 Å². The average Bonchev–Trinajstić information content (AvgIpc) is 2.65. The second-order valence-corrected chi connectivity index (χ2v) is 5.15. The van der Waals surface area contributed by atoms with E-state index < -0.39 is 0 Å². The summed E-state index contributed by atoms with van der Waals surface area (Å²) in [6.45, 7) is 0. The molecule has 0 radical (unpaired) electrons. The van der Waals surface area contributed by atoms with Crippen molar-refractivity contribution in [1.82, 2.24) is 9.97 Å². The van der Waals surface area contributed by atoms with Crippen LogP contribution in [0.4, 0.5) is 5.82 Å². The van der Waals surface area contributed by atoms with Crippen molar-refractivity contribution < 1.29 is 0 Å². The van der Waals surface area contributed by atoms with Crippen molar-refractivity contribution in [3.63, 3.8) is 0 Å². The van der Waals surface area contributed by atoms with E-state index in [4.69, 9.17) is 11.6 Å². The molecule has 1 N–H and O–H groups in total. The van der Waals surface area contributed by atoms with E-state index in [0.717, 1.165) is 5.82 Å². The molecule has 2 rings (SSSR count). The van der Waals surface area contributed by atoms with Crippen LogP contribution < -0.4 is 5.32 Å². The maximum absolute atomic E-state index is 5.78. The lowest BCUT2D eigenvalue weighted by molar-refractivity contribution is 0.762. The van der Waals surface area contributed by atoms with Crippen LogP contribution in [0.15, 0.2) is 12.4 Å². The van der Waals surface area contributed by atoms with Crippen LogP contribution >= 0.6 is 23.4 Å². The van der Waals surface area contributed by atoms with Gasteiger partial charge in [-0.15, -0.1) is 0 Å². The Morgan fingerprint density at radius 1 is 1.47 bits per heavy atom. The topological polar surface area (TPSA) is 37.8 Å². The Balaban J connectivity index is 2.02. The molecule has 0 aromatic carbocycles. The second-order valence-electron chi connectivity index (χ2n) is 3.68. The van der Waals surface area contributed by atoms with E-state index in [2.05, 4.69) is 21.5 Å². The van der Waals surface area contributed by atoms with Crippen molar-refractivity contribution >= 4 is 29.2 Å². The zero-order valence-corrected chi connectivity index (χ0v) is 10.2. The summed E-state index contributed by atoms with van der Waals surface area (Å²) in [6.07, 6.45) is 9.22. The van der Waals surface area contributed by atoms with Gasteiger partial charge in [-0.2, -0.15) is 11.8 Å². The smallest absolute Gasteiger partial charge is 0.149 e. The molecule has 1 aromatic rings. The first-order valence-corrected chi connectivity index (χ1v) is 6.73. The van der Waals surface area contributed by atoms with Gasteiger partial charge < -0.3 is 5.32 Å². The molecular weight excluding hydrogens is 230 g/mol. The van der Waals surface area contributed by atoms with E-state index in [1.54, 1.807) is 12.4 Å². The Morgan fingerprint density at radius 2 is 2.33 bits per heavy atom. The van der Waals surface area contributed by atoms with Gasteiger partial charge in [0.1, 0.15) is 11.0 Å². The Kier molecular flexibility index (Phi) is 3.70. The molecule has 3 nitrogen and oxygen atoms in total. The van der Waals surface area contributed by atoms with E-state index >= 15 is 0 Å². The highest BCUT2D eigenvalue weighted by Crippen LogP contribution is 2.30. The van der Waals surface area contributed by atoms with Gasteiger partial charge in [-0.05, 0) is 19.1 Å². The lowest BCUT2D eigenvalue weighted by Gasteiger charge is -2.19. The molecule has 0 bridgehead atoms. The lowest BCUT2D eigenvalue weighted by atomic mass is 10.2. The summed E-state index contributed by atoms with van der Waals surface area (Å²) in [5.74, 6) is 0.786. The van der Waals surface area contributed by atoms with Gasteiger partial charge in [0.05, 0.1) is 12.4 Å². The number of nitrogens with one attached hydrogen (secondary N) is 1. The molecule has 1 aliphatic rings. The van der Waals surface area contributed by atoms with Crippen LogP contribution in [-0.2, 0) is 0 Å². The fraction of sp³-hybridized carbons (Fsp3) is 0.600. The number of anilines is 1. The van der Waals surface area contributed by atoms with Crippen molar-refractivity contribution in [3.05, 3.63) is 17.5 Å². The van der Waals surface area contributed by atoms with Crippen LogP contribution in [0.25, 0.3) is 0 Å². The fourth-order valence-electron chi connectivity index (χ4n) is 1.97. The van der Waals surface area contributed by atoms with Gasteiger partial charge in [0, 0.05) is 11.3 Å². The van der Waals surface area contributed by atoms with Gasteiger partial charge in [-0.3, -0.25) is 4.98 Å². The predicted molar refractivity (Wildman–Crippen MR) is 65.6 cm³/mol. The van der Waals surface area contributed by atoms with Gasteiger partial charge >= 0.3 is 0 Å². The van der Waals surface area contributed by atoms with E-state index in [9.17, 15) is 0 Å². The lowest BCUT2D eigenvalue weighted by Crippen LogP contribution is -2.26. The normalized spacial score (nSPS) is 25.5. The average molecular weight is 244 g/mol. The highest BCUT2D eigenvalue weighted by atomic mass is 35.5. The Morgan fingerprint density at radius 3 is 3.07 bits per heavy atom. The minimum absolute atomic E-state index is 0.443. The third-order valence-corrected chi connectivity index (χ3v) is 4.05. The Hall–Kier alpha value is -0.480. The monoisotopic (exact) mass is 243 g/mol. The number of thioether (sulfide) groups is 1. The number of nitrogens with zero attached hydrogens (tertiary/aromatic N) is 2. The summed E-state index contributed by atoms with van der Waals surface area (Å²) in [7, 11) is 0.